The molecule has 50 valence electrons. The summed E-state index contributed by atoms with van der Waals surface area (Å²) in [5.74, 6) is 4.87. The lowest BCUT2D eigenvalue weighted by atomic mass is 10.7. The van der Waals surface area contributed by atoms with E-state index in [9.17, 15) is 0 Å². The van der Waals surface area contributed by atoms with Crippen molar-refractivity contribution >= 4 is 0 Å². The molecule has 0 fully saturated rings. The van der Waals surface area contributed by atoms with Gasteiger partial charge in [0.2, 0.25) is 0 Å². The first-order valence-electron chi connectivity index (χ1n) is 2.56. The molecule has 1 aromatic rings. The highest BCUT2D eigenvalue weighted by atomic mass is 16.6. The Labute approximate surface area is 52.4 Å². The standard InChI is InChI=1S/C4H8N4O/c1-4(9-5)8-3-2-6-7-8/h2-4H,5H2,1H3. The third-order valence-electron chi connectivity index (χ3n) is 1.01. The lowest BCUT2D eigenvalue weighted by Crippen LogP contribution is -2.13. The Kier molecular flexibility index (Phi) is 1.76. The first-order chi connectivity index (χ1) is 4.34. The first-order valence-corrected chi connectivity index (χ1v) is 2.56. The van der Waals surface area contributed by atoms with E-state index in [1.807, 2.05) is 0 Å². The minimum Gasteiger partial charge on any atom is -0.278 e. The summed E-state index contributed by atoms with van der Waals surface area (Å²) in [6.07, 6.45) is 3.00. The monoisotopic (exact) mass is 128 g/mol. The van der Waals surface area contributed by atoms with Gasteiger partial charge in [0.1, 0.15) is 0 Å². The Hall–Kier alpha value is -0.940. The molecule has 0 radical (unpaired) electrons. The van der Waals surface area contributed by atoms with E-state index < -0.39 is 0 Å². The zero-order valence-electron chi connectivity index (χ0n) is 5.06. The van der Waals surface area contributed by atoms with Crippen molar-refractivity contribution in [3.05, 3.63) is 12.4 Å². The summed E-state index contributed by atoms with van der Waals surface area (Å²) in [6, 6.07) is 0. The minimum atomic E-state index is -0.243. The SMILES string of the molecule is CC(ON)n1ccnn1. The smallest absolute Gasteiger partial charge is 0.169 e. The largest absolute Gasteiger partial charge is 0.278 e. The van der Waals surface area contributed by atoms with Gasteiger partial charge in [0, 0.05) is 6.20 Å². The van der Waals surface area contributed by atoms with Crippen LogP contribution in [-0.4, -0.2) is 15.0 Å². The molecule has 5 nitrogen and oxygen atoms in total. The van der Waals surface area contributed by atoms with Crippen molar-refractivity contribution in [3.8, 4) is 0 Å². The maximum absolute atomic E-state index is 4.87. The second-order valence-corrected chi connectivity index (χ2v) is 1.62. The topological polar surface area (TPSA) is 66.0 Å². The van der Waals surface area contributed by atoms with Crippen LogP contribution in [0.1, 0.15) is 13.2 Å². The molecule has 1 rings (SSSR count). The molecular formula is C4H8N4O. The van der Waals surface area contributed by atoms with Crippen LogP contribution in [0.25, 0.3) is 0 Å². The highest BCUT2D eigenvalue weighted by molar-refractivity contribution is 4.64. The van der Waals surface area contributed by atoms with Crippen molar-refractivity contribution in [2.45, 2.75) is 13.2 Å². The van der Waals surface area contributed by atoms with Gasteiger partial charge in [-0.05, 0) is 6.92 Å². The average Bonchev–Trinajstić information content (AvgIpc) is 2.37. The Balaban J connectivity index is 2.65. The normalized spacial score (nSPS) is 13.6. The molecule has 2 N–H and O–H groups in total. The molecule has 0 bridgehead atoms. The van der Waals surface area contributed by atoms with Gasteiger partial charge in [0.15, 0.2) is 6.23 Å². The number of aromatic nitrogens is 3. The van der Waals surface area contributed by atoms with E-state index in [0.29, 0.717) is 0 Å². The zero-order chi connectivity index (χ0) is 6.69. The van der Waals surface area contributed by atoms with Gasteiger partial charge in [-0.2, -0.15) is 0 Å². The number of hydrogen-bond acceptors (Lipinski definition) is 4. The van der Waals surface area contributed by atoms with Crippen molar-refractivity contribution in [1.82, 2.24) is 15.0 Å². The van der Waals surface area contributed by atoms with Gasteiger partial charge in [-0.25, -0.2) is 10.6 Å². The fourth-order valence-corrected chi connectivity index (χ4v) is 0.474. The molecule has 5 heteroatoms. The summed E-state index contributed by atoms with van der Waals surface area (Å²) in [5, 5.41) is 7.22. The quantitative estimate of drug-likeness (QED) is 0.554. The Morgan fingerprint density at radius 3 is 3.00 bits per heavy atom. The van der Waals surface area contributed by atoms with Crippen LogP contribution in [-0.2, 0) is 4.84 Å². The van der Waals surface area contributed by atoms with Crippen LogP contribution < -0.4 is 5.90 Å². The van der Waals surface area contributed by atoms with Gasteiger partial charge in [-0.3, -0.25) is 4.84 Å². The lowest BCUT2D eigenvalue weighted by Gasteiger charge is -2.05. The van der Waals surface area contributed by atoms with E-state index in [0.717, 1.165) is 0 Å². The Morgan fingerprint density at radius 2 is 2.56 bits per heavy atom. The van der Waals surface area contributed by atoms with Crippen molar-refractivity contribution in [2.24, 2.45) is 5.90 Å². The second-order valence-electron chi connectivity index (χ2n) is 1.62. The van der Waals surface area contributed by atoms with Crippen LogP contribution in [0.3, 0.4) is 0 Å². The molecule has 1 atom stereocenters. The summed E-state index contributed by atoms with van der Waals surface area (Å²) >= 11 is 0. The molecule has 0 amide bonds. The maximum atomic E-state index is 4.87. The fourth-order valence-electron chi connectivity index (χ4n) is 0.474. The number of rotatable bonds is 2. The van der Waals surface area contributed by atoms with E-state index in [1.54, 1.807) is 19.3 Å². The van der Waals surface area contributed by atoms with Gasteiger partial charge in [0.05, 0.1) is 6.20 Å². The van der Waals surface area contributed by atoms with Gasteiger partial charge in [0.25, 0.3) is 0 Å². The summed E-state index contributed by atoms with van der Waals surface area (Å²) in [7, 11) is 0. The number of hydrogen-bond donors (Lipinski definition) is 1. The van der Waals surface area contributed by atoms with E-state index in [4.69, 9.17) is 5.90 Å². The molecule has 9 heavy (non-hydrogen) atoms. The average molecular weight is 128 g/mol. The second kappa shape index (κ2) is 2.56. The van der Waals surface area contributed by atoms with Crippen molar-refractivity contribution in [1.29, 1.82) is 0 Å². The van der Waals surface area contributed by atoms with E-state index in [2.05, 4.69) is 15.1 Å². The molecule has 0 aromatic carbocycles. The minimum absolute atomic E-state index is 0.243. The molecule has 0 aliphatic carbocycles. The molecule has 0 spiro atoms. The third-order valence-corrected chi connectivity index (χ3v) is 1.01. The number of nitrogens with zero attached hydrogens (tertiary/aromatic N) is 3. The maximum Gasteiger partial charge on any atom is 0.169 e. The molecular weight excluding hydrogens is 120 g/mol. The molecule has 0 saturated carbocycles. The van der Waals surface area contributed by atoms with E-state index in [-0.39, 0.29) is 6.23 Å². The fraction of sp³-hybridized carbons (Fsp3) is 0.500. The predicted molar refractivity (Wildman–Crippen MR) is 30.0 cm³/mol. The highest BCUT2D eigenvalue weighted by Crippen LogP contribution is 1.98. The summed E-state index contributed by atoms with van der Waals surface area (Å²) in [5.41, 5.74) is 0. The molecule has 1 heterocycles. The lowest BCUT2D eigenvalue weighted by molar-refractivity contribution is 0.00544. The molecule has 0 saturated heterocycles. The summed E-state index contributed by atoms with van der Waals surface area (Å²) < 4.78 is 1.51. The van der Waals surface area contributed by atoms with Crippen molar-refractivity contribution < 1.29 is 4.84 Å². The molecule has 1 aromatic heterocycles. The van der Waals surface area contributed by atoms with Gasteiger partial charge < -0.3 is 0 Å². The molecule has 0 aliphatic rings. The third kappa shape index (κ3) is 1.24. The van der Waals surface area contributed by atoms with Crippen LogP contribution in [0, 0.1) is 0 Å². The molecule has 0 aliphatic heterocycles. The molecule has 1 unspecified atom stereocenters. The van der Waals surface area contributed by atoms with Crippen molar-refractivity contribution in [3.63, 3.8) is 0 Å². The van der Waals surface area contributed by atoms with Crippen LogP contribution in [0.4, 0.5) is 0 Å². The van der Waals surface area contributed by atoms with Crippen molar-refractivity contribution in [2.75, 3.05) is 0 Å². The highest BCUT2D eigenvalue weighted by Gasteiger charge is 2.00. The zero-order valence-corrected chi connectivity index (χ0v) is 5.06. The Morgan fingerprint density at radius 1 is 1.78 bits per heavy atom. The van der Waals surface area contributed by atoms with Gasteiger partial charge in [-0.1, -0.05) is 5.21 Å². The first kappa shape index (κ1) is 6.18. The van der Waals surface area contributed by atoms with Gasteiger partial charge in [-0.15, -0.1) is 5.10 Å². The van der Waals surface area contributed by atoms with Gasteiger partial charge >= 0.3 is 0 Å². The van der Waals surface area contributed by atoms with Crippen LogP contribution >= 0.6 is 0 Å². The van der Waals surface area contributed by atoms with Crippen LogP contribution in [0.15, 0.2) is 12.4 Å². The van der Waals surface area contributed by atoms with E-state index in [1.165, 1.54) is 4.68 Å². The predicted octanol–water partition coefficient (Wildman–Crippen LogP) is -0.313. The summed E-state index contributed by atoms with van der Waals surface area (Å²) in [4.78, 5) is 4.46. The van der Waals surface area contributed by atoms with Crippen LogP contribution in [0.2, 0.25) is 0 Å². The Bertz CT molecular complexity index is 161. The summed E-state index contributed by atoms with van der Waals surface area (Å²) in [6.45, 7) is 1.77. The number of nitrogens with two attached hydrogens (primary N) is 1. The van der Waals surface area contributed by atoms with Crippen LogP contribution in [0.5, 0.6) is 0 Å². The van der Waals surface area contributed by atoms with E-state index >= 15 is 0 Å².